The van der Waals surface area contributed by atoms with E-state index in [0.717, 1.165) is 5.25 Å². The van der Waals surface area contributed by atoms with Gasteiger partial charge in [-0.3, -0.25) is 0 Å². The maximum atomic E-state index is 2.24. The van der Waals surface area contributed by atoms with Crippen molar-refractivity contribution in [1.29, 1.82) is 0 Å². The molecule has 0 saturated carbocycles. The van der Waals surface area contributed by atoms with Gasteiger partial charge in [-0.2, -0.15) is 11.8 Å². The zero-order chi connectivity index (χ0) is 6.57. The van der Waals surface area contributed by atoms with Crippen LogP contribution in [-0.4, -0.2) is 37.0 Å². The van der Waals surface area contributed by atoms with Crippen molar-refractivity contribution < 1.29 is 0 Å². The average Bonchev–Trinajstić information content (AvgIpc) is 1.65. The molecule has 0 N–H and O–H groups in total. The van der Waals surface area contributed by atoms with Crippen LogP contribution in [0, 0.1) is 0 Å². The van der Waals surface area contributed by atoms with Crippen molar-refractivity contribution >= 4 is 11.8 Å². The first-order valence-electron chi connectivity index (χ1n) is 2.84. The Labute approximate surface area is 56.4 Å². The predicted molar refractivity (Wildman–Crippen MR) is 41.5 cm³/mol. The lowest BCUT2D eigenvalue weighted by molar-refractivity contribution is 0.414. The minimum atomic E-state index is 0.769. The Kier molecular flexibility index (Phi) is 4.38. The van der Waals surface area contributed by atoms with Crippen LogP contribution >= 0.6 is 11.8 Å². The third kappa shape index (κ3) is 4.47. The molecule has 0 fully saturated rings. The van der Waals surface area contributed by atoms with Gasteiger partial charge in [0.15, 0.2) is 0 Å². The fraction of sp³-hybridized carbons (Fsp3) is 1.00. The van der Waals surface area contributed by atoms with Crippen molar-refractivity contribution in [1.82, 2.24) is 4.90 Å². The van der Waals surface area contributed by atoms with E-state index in [2.05, 4.69) is 32.2 Å². The zero-order valence-corrected chi connectivity index (χ0v) is 6.96. The lowest BCUT2D eigenvalue weighted by Crippen LogP contribution is -2.20. The SMILES string of the molecule is CS[C@@H](C)CN(C)C. The lowest BCUT2D eigenvalue weighted by atomic mass is 10.4. The molecule has 50 valence electrons. The fourth-order valence-electron chi connectivity index (χ4n) is 0.589. The molecule has 0 aliphatic carbocycles. The standard InChI is InChI=1S/C6H15NS/c1-6(8-4)5-7(2)3/h6H,5H2,1-4H3/t6-/m0/s1. The Morgan fingerprint density at radius 2 is 2.00 bits per heavy atom. The lowest BCUT2D eigenvalue weighted by Gasteiger charge is -2.13. The summed E-state index contributed by atoms with van der Waals surface area (Å²) in [5, 5.41) is 0.769. The van der Waals surface area contributed by atoms with E-state index in [1.54, 1.807) is 0 Å². The molecule has 0 saturated heterocycles. The molecule has 0 spiro atoms. The van der Waals surface area contributed by atoms with Gasteiger partial charge in [-0.1, -0.05) is 6.92 Å². The highest BCUT2D eigenvalue weighted by molar-refractivity contribution is 7.99. The van der Waals surface area contributed by atoms with Crippen LogP contribution in [0.1, 0.15) is 6.92 Å². The Bertz CT molecular complexity index is 54.5. The van der Waals surface area contributed by atoms with Crippen LogP contribution < -0.4 is 0 Å². The van der Waals surface area contributed by atoms with E-state index in [4.69, 9.17) is 0 Å². The number of hydrogen-bond donors (Lipinski definition) is 0. The molecule has 0 bridgehead atoms. The van der Waals surface area contributed by atoms with Crippen molar-refractivity contribution in [3.8, 4) is 0 Å². The van der Waals surface area contributed by atoms with Crippen LogP contribution in [0.15, 0.2) is 0 Å². The van der Waals surface area contributed by atoms with Gasteiger partial charge in [-0.15, -0.1) is 0 Å². The smallest absolute Gasteiger partial charge is 0.0143 e. The van der Waals surface area contributed by atoms with Crippen molar-refractivity contribution in [3.05, 3.63) is 0 Å². The summed E-state index contributed by atoms with van der Waals surface area (Å²) in [6.45, 7) is 3.42. The number of thioether (sulfide) groups is 1. The van der Waals surface area contributed by atoms with Gasteiger partial charge in [0.25, 0.3) is 0 Å². The molecule has 0 rings (SSSR count). The van der Waals surface area contributed by atoms with Gasteiger partial charge in [0, 0.05) is 11.8 Å². The van der Waals surface area contributed by atoms with E-state index in [-0.39, 0.29) is 0 Å². The van der Waals surface area contributed by atoms with Crippen LogP contribution in [0.25, 0.3) is 0 Å². The third-order valence-electron chi connectivity index (χ3n) is 1.02. The van der Waals surface area contributed by atoms with E-state index in [1.165, 1.54) is 6.54 Å². The van der Waals surface area contributed by atoms with E-state index < -0.39 is 0 Å². The van der Waals surface area contributed by atoms with Crippen LogP contribution in [0.4, 0.5) is 0 Å². The topological polar surface area (TPSA) is 3.24 Å². The molecule has 1 atom stereocenters. The maximum Gasteiger partial charge on any atom is 0.0143 e. The van der Waals surface area contributed by atoms with Gasteiger partial charge in [0.05, 0.1) is 0 Å². The summed E-state index contributed by atoms with van der Waals surface area (Å²) in [6, 6.07) is 0. The van der Waals surface area contributed by atoms with Crippen LogP contribution in [0.2, 0.25) is 0 Å². The third-order valence-corrected chi connectivity index (χ3v) is 1.98. The first-order valence-corrected chi connectivity index (χ1v) is 4.13. The highest BCUT2D eigenvalue weighted by atomic mass is 32.2. The van der Waals surface area contributed by atoms with Gasteiger partial charge in [-0.05, 0) is 20.4 Å². The van der Waals surface area contributed by atoms with Crippen molar-refractivity contribution in [2.24, 2.45) is 0 Å². The largest absolute Gasteiger partial charge is 0.308 e. The predicted octanol–water partition coefficient (Wildman–Crippen LogP) is 1.30. The van der Waals surface area contributed by atoms with E-state index >= 15 is 0 Å². The molecule has 0 aromatic carbocycles. The number of nitrogens with zero attached hydrogens (tertiary/aromatic N) is 1. The van der Waals surface area contributed by atoms with E-state index in [1.807, 2.05) is 11.8 Å². The molecular weight excluding hydrogens is 118 g/mol. The normalized spacial score (nSPS) is 14.6. The molecular formula is C6H15NS. The van der Waals surface area contributed by atoms with Crippen LogP contribution in [0.5, 0.6) is 0 Å². The molecule has 0 heterocycles. The first-order chi connectivity index (χ1) is 3.66. The maximum absolute atomic E-state index is 2.24. The van der Waals surface area contributed by atoms with Crippen molar-refractivity contribution in [3.63, 3.8) is 0 Å². The molecule has 1 nitrogen and oxygen atoms in total. The fourth-order valence-corrected chi connectivity index (χ4v) is 1.04. The zero-order valence-electron chi connectivity index (χ0n) is 6.14. The molecule has 0 aliphatic heterocycles. The van der Waals surface area contributed by atoms with Gasteiger partial charge in [-0.25, -0.2) is 0 Å². The summed E-state index contributed by atoms with van der Waals surface area (Å²) in [5.41, 5.74) is 0. The highest BCUT2D eigenvalue weighted by Crippen LogP contribution is 2.04. The Hall–Kier alpha value is 0.310. The minimum Gasteiger partial charge on any atom is -0.308 e. The summed E-state index contributed by atoms with van der Waals surface area (Å²) in [6.07, 6.45) is 2.15. The minimum absolute atomic E-state index is 0.769. The Balaban J connectivity index is 3.10. The molecule has 8 heavy (non-hydrogen) atoms. The van der Waals surface area contributed by atoms with Gasteiger partial charge in [0.1, 0.15) is 0 Å². The second-order valence-electron chi connectivity index (χ2n) is 2.31. The second-order valence-corrected chi connectivity index (χ2v) is 3.58. The molecule has 0 aromatic rings. The summed E-state index contributed by atoms with van der Waals surface area (Å²) in [5.74, 6) is 0. The van der Waals surface area contributed by atoms with Crippen molar-refractivity contribution in [2.45, 2.75) is 12.2 Å². The number of hydrogen-bond acceptors (Lipinski definition) is 2. The van der Waals surface area contributed by atoms with Gasteiger partial charge >= 0.3 is 0 Å². The van der Waals surface area contributed by atoms with Gasteiger partial charge in [0.2, 0.25) is 0 Å². The van der Waals surface area contributed by atoms with Gasteiger partial charge < -0.3 is 4.90 Å². The highest BCUT2D eigenvalue weighted by Gasteiger charge is 1.98. The van der Waals surface area contributed by atoms with E-state index in [0.29, 0.717) is 0 Å². The molecule has 2 heteroatoms. The first kappa shape index (κ1) is 8.31. The van der Waals surface area contributed by atoms with Crippen LogP contribution in [0.3, 0.4) is 0 Å². The number of rotatable bonds is 3. The Morgan fingerprint density at radius 3 is 2.12 bits per heavy atom. The monoisotopic (exact) mass is 133 g/mol. The molecule has 0 unspecified atom stereocenters. The quantitative estimate of drug-likeness (QED) is 0.571. The Morgan fingerprint density at radius 1 is 1.50 bits per heavy atom. The second kappa shape index (κ2) is 4.21. The van der Waals surface area contributed by atoms with Crippen LogP contribution in [-0.2, 0) is 0 Å². The average molecular weight is 133 g/mol. The molecule has 0 aromatic heterocycles. The summed E-state index contributed by atoms with van der Waals surface area (Å²) in [4.78, 5) is 2.21. The molecule has 0 radical (unpaired) electrons. The van der Waals surface area contributed by atoms with E-state index in [9.17, 15) is 0 Å². The summed E-state index contributed by atoms with van der Waals surface area (Å²) >= 11 is 1.91. The molecule has 0 amide bonds. The summed E-state index contributed by atoms with van der Waals surface area (Å²) < 4.78 is 0. The summed E-state index contributed by atoms with van der Waals surface area (Å²) in [7, 11) is 4.21. The molecule has 0 aliphatic rings. The van der Waals surface area contributed by atoms with Crippen molar-refractivity contribution in [2.75, 3.05) is 26.9 Å².